The van der Waals surface area contributed by atoms with Gasteiger partial charge in [0, 0.05) is 26.3 Å². The maximum atomic E-state index is 5.14. The minimum absolute atomic E-state index is 0.363. The Morgan fingerprint density at radius 3 is 2.50 bits per heavy atom. The molecule has 0 aromatic rings. The van der Waals surface area contributed by atoms with Crippen LogP contribution < -0.4 is 10.6 Å². The smallest absolute Gasteiger partial charge is 0.166 e. The average molecular weight is 218 g/mol. The second-order valence-electron chi connectivity index (χ2n) is 3.93. The fourth-order valence-electron chi connectivity index (χ4n) is 0.938. The highest BCUT2D eigenvalue weighted by atomic mass is 32.1. The molecular weight excluding hydrogens is 196 g/mol. The highest BCUT2D eigenvalue weighted by Crippen LogP contribution is 1.91. The van der Waals surface area contributed by atoms with Crippen LogP contribution >= 0.6 is 12.2 Å². The standard InChI is InChI=1S/C10H22N2OS/c1-8(2)7-11-10(14)12-9(3)5-6-13-4/h8-9H,5-7H2,1-4H3,(H2,11,12,14). The highest BCUT2D eigenvalue weighted by Gasteiger charge is 2.03. The minimum atomic E-state index is 0.363. The van der Waals surface area contributed by atoms with Gasteiger partial charge in [0.25, 0.3) is 0 Å². The highest BCUT2D eigenvalue weighted by molar-refractivity contribution is 7.80. The van der Waals surface area contributed by atoms with Gasteiger partial charge in [0.15, 0.2) is 5.11 Å². The van der Waals surface area contributed by atoms with Gasteiger partial charge in [0.1, 0.15) is 0 Å². The van der Waals surface area contributed by atoms with Crippen LogP contribution in [0.1, 0.15) is 27.2 Å². The van der Waals surface area contributed by atoms with E-state index in [2.05, 4.69) is 31.4 Å². The van der Waals surface area contributed by atoms with Gasteiger partial charge < -0.3 is 15.4 Å². The van der Waals surface area contributed by atoms with E-state index in [4.69, 9.17) is 17.0 Å². The van der Waals surface area contributed by atoms with Crippen molar-refractivity contribution in [3.63, 3.8) is 0 Å². The summed E-state index contributed by atoms with van der Waals surface area (Å²) in [5.41, 5.74) is 0. The molecule has 0 aromatic heterocycles. The molecule has 84 valence electrons. The number of ether oxygens (including phenoxy) is 1. The van der Waals surface area contributed by atoms with Gasteiger partial charge in [-0.05, 0) is 31.5 Å². The Morgan fingerprint density at radius 1 is 1.36 bits per heavy atom. The van der Waals surface area contributed by atoms with E-state index in [0.29, 0.717) is 12.0 Å². The molecule has 14 heavy (non-hydrogen) atoms. The Morgan fingerprint density at radius 2 is 2.00 bits per heavy atom. The van der Waals surface area contributed by atoms with E-state index < -0.39 is 0 Å². The van der Waals surface area contributed by atoms with Crippen molar-refractivity contribution >= 4 is 17.3 Å². The van der Waals surface area contributed by atoms with Crippen LogP contribution in [0.2, 0.25) is 0 Å². The molecule has 1 unspecified atom stereocenters. The zero-order valence-electron chi connectivity index (χ0n) is 9.59. The van der Waals surface area contributed by atoms with Crippen molar-refractivity contribution in [3.05, 3.63) is 0 Å². The van der Waals surface area contributed by atoms with Gasteiger partial charge in [0.05, 0.1) is 0 Å². The molecule has 0 aromatic carbocycles. The normalized spacial score (nSPS) is 12.6. The largest absolute Gasteiger partial charge is 0.385 e. The summed E-state index contributed by atoms with van der Waals surface area (Å²) in [4.78, 5) is 0. The number of rotatable bonds is 6. The number of nitrogens with one attached hydrogen (secondary N) is 2. The van der Waals surface area contributed by atoms with Crippen molar-refractivity contribution < 1.29 is 4.74 Å². The van der Waals surface area contributed by atoms with Crippen molar-refractivity contribution in [2.24, 2.45) is 5.92 Å². The third-order valence-electron chi connectivity index (χ3n) is 1.80. The van der Waals surface area contributed by atoms with Crippen LogP contribution in [0.5, 0.6) is 0 Å². The molecule has 0 aliphatic rings. The Kier molecular flexibility index (Phi) is 7.80. The average Bonchev–Trinajstić information content (AvgIpc) is 2.11. The summed E-state index contributed by atoms with van der Waals surface area (Å²) in [7, 11) is 1.71. The third-order valence-corrected chi connectivity index (χ3v) is 2.07. The van der Waals surface area contributed by atoms with Crippen molar-refractivity contribution in [1.29, 1.82) is 0 Å². The van der Waals surface area contributed by atoms with Crippen LogP contribution in [0.25, 0.3) is 0 Å². The molecule has 0 fully saturated rings. The fourth-order valence-corrected chi connectivity index (χ4v) is 1.22. The summed E-state index contributed by atoms with van der Waals surface area (Å²) in [6, 6.07) is 0.363. The number of hydrogen-bond donors (Lipinski definition) is 2. The predicted octanol–water partition coefficient (Wildman–Crippen LogP) is 1.53. The quantitative estimate of drug-likeness (QED) is 0.663. The second kappa shape index (κ2) is 8.00. The number of methoxy groups -OCH3 is 1. The molecule has 0 heterocycles. The summed E-state index contributed by atoms with van der Waals surface area (Å²) in [5.74, 6) is 0.615. The first-order chi connectivity index (χ1) is 6.56. The molecule has 0 saturated heterocycles. The Labute approximate surface area is 92.6 Å². The Balaban J connectivity index is 3.50. The lowest BCUT2D eigenvalue weighted by Crippen LogP contribution is -2.42. The van der Waals surface area contributed by atoms with Gasteiger partial charge in [0.2, 0.25) is 0 Å². The lowest BCUT2D eigenvalue weighted by Gasteiger charge is -2.17. The van der Waals surface area contributed by atoms with Crippen molar-refractivity contribution in [2.75, 3.05) is 20.3 Å². The predicted molar refractivity (Wildman–Crippen MR) is 64.5 cm³/mol. The van der Waals surface area contributed by atoms with E-state index in [-0.39, 0.29) is 0 Å². The lowest BCUT2D eigenvalue weighted by molar-refractivity contribution is 0.187. The van der Waals surface area contributed by atoms with Crippen LogP contribution in [0.4, 0.5) is 0 Å². The van der Waals surface area contributed by atoms with Crippen molar-refractivity contribution in [2.45, 2.75) is 33.2 Å². The summed E-state index contributed by atoms with van der Waals surface area (Å²) in [6.45, 7) is 8.10. The molecule has 4 heteroatoms. The summed E-state index contributed by atoms with van der Waals surface area (Å²) in [6.07, 6.45) is 0.972. The van der Waals surface area contributed by atoms with E-state index in [1.807, 2.05) is 0 Å². The zero-order chi connectivity index (χ0) is 11.0. The van der Waals surface area contributed by atoms with Gasteiger partial charge in [-0.1, -0.05) is 13.8 Å². The van der Waals surface area contributed by atoms with Gasteiger partial charge in [-0.15, -0.1) is 0 Å². The fraction of sp³-hybridized carbons (Fsp3) is 0.900. The first-order valence-corrected chi connectivity index (χ1v) is 5.50. The van der Waals surface area contributed by atoms with Gasteiger partial charge in [-0.2, -0.15) is 0 Å². The Bertz CT molecular complexity index is 162. The van der Waals surface area contributed by atoms with E-state index in [9.17, 15) is 0 Å². The minimum Gasteiger partial charge on any atom is -0.385 e. The van der Waals surface area contributed by atoms with E-state index in [0.717, 1.165) is 24.7 Å². The topological polar surface area (TPSA) is 33.3 Å². The molecule has 0 bridgehead atoms. The third kappa shape index (κ3) is 8.26. The maximum Gasteiger partial charge on any atom is 0.166 e. The molecule has 3 nitrogen and oxygen atoms in total. The molecule has 0 saturated carbocycles. The molecule has 0 rings (SSSR count). The molecule has 0 amide bonds. The maximum absolute atomic E-state index is 5.14. The van der Waals surface area contributed by atoms with Crippen LogP contribution in [0, 0.1) is 5.92 Å². The van der Waals surface area contributed by atoms with Crippen molar-refractivity contribution in [3.8, 4) is 0 Å². The molecule has 0 spiro atoms. The van der Waals surface area contributed by atoms with Gasteiger partial charge in [-0.3, -0.25) is 0 Å². The molecule has 0 radical (unpaired) electrons. The molecule has 0 aliphatic carbocycles. The van der Waals surface area contributed by atoms with E-state index in [1.54, 1.807) is 7.11 Å². The van der Waals surface area contributed by atoms with Crippen LogP contribution in [-0.4, -0.2) is 31.4 Å². The zero-order valence-corrected chi connectivity index (χ0v) is 10.4. The SMILES string of the molecule is COCCC(C)NC(=S)NCC(C)C. The van der Waals surface area contributed by atoms with Crippen molar-refractivity contribution in [1.82, 2.24) is 10.6 Å². The number of hydrogen-bond acceptors (Lipinski definition) is 2. The van der Waals surface area contributed by atoms with Gasteiger partial charge in [-0.25, -0.2) is 0 Å². The second-order valence-corrected chi connectivity index (χ2v) is 4.34. The molecule has 1 atom stereocenters. The van der Waals surface area contributed by atoms with Gasteiger partial charge >= 0.3 is 0 Å². The first kappa shape index (κ1) is 13.7. The summed E-state index contributed by atoms with van der Waals surface area (Å²) in [5, 5.41) is 7.12. The van der Waals surface area contributed by atoms with Crippen LogP contribution in [-0.2, 0) is 4.74 Å². The summed E-state index contributed by atoms with van der Waals surface area (Å²) < 4.78 is 4.99. The van der Waals surface area contributed by atoms with E-state index in [1.165, 1.54) is 0 Å². The monoisotopic (exact) mass is 218 g/mol. The number of thiocarbonyl (C=S) groups is 1. The Hall–Kier alpha value is -0.350. The molecular formula is C10H22N2OS. The lowest BCUT2D eigenvalue weighted by atomic mass is 10.2. The molecule has 2 N–H and O–H groups in total. The summed E-state index contributed by atoms with van der Waals surface area (Å²) >= 11 is 5.14. The first-order valence-electron chi connectivity index (χ1n) is 5.09. The van der Waals surface area contributed by atoms with Crippen LogP contribution in [0.15, 0.2) is 0 Å². The van der Waals surface area contributed by atoms with Crippen LogP contribution in [0.3, 0.4) is 0 Å². The van der Waals surface area contributed by atoms with E-state index >= 15 is 0 Å². The molecule has 0 aliphatic heterocycles.